The van der Waals surface area contributed by atoms with E-state index in [1.807, 2.05) is 0 Å². The summed E-state index contributed by atoms with van der Waals surface area (Å²) >= 11 is 0. The summed E-state index contributed by atoms with van der Waals surface area (Å²) in [5.41, 5.74) is 17.9. The predicted molar refractivity (Wildman–Crippen MR) is 273 cm³/mol. The van der Waals surface area contributed by atoms with E-state index in [2.05, 4.69) is 267 Å². The summed E-state index contributed by atoms with van der Waals surface area (Å²) in [5, 5.41) is 5.00. The van der Waals surface area contributed by atoms with Gasteiger partial charge in [-0.1, -0.05) is 203 Å². The molecule has 306 valence electrons. The summed E-state index contributed by atoms with van der Waals surface area (Å²) in [5.74, 6) is 0. The first-order valence-corrected chi connectivity index (χ1v) is 22.3. The Hall–Kier alpha value is -7.94. The number of hydrogen-bond donors (Lipinski definition) is 0. The van der Waals surface area contributed by atoms with Crippen LogP contribution in [-0.4, -0.2) is 4.57 Å². The third kappa shape index (κ3) is 7.13. The van der Waals surface area contributed by atoms with Crippen molar-refractivity contribution in [3.8, 4) is 50.2 Å². The molecule has 0 aliphatic heterocycles. The maximum atomic E-state index is 2.46. The Bertz CT molecular complexity index is 3420. The molecule has 0 saturated heterocycles. The zero-order valence-electron chi connectivity index (χ0n) is 36.4. The number of aromatic nitrogens is 1. The zero-order chi connectivity index (χ0) is 43.2. The molecule has 2 heteroatoms. The first kappa shape index (κ1) is 38.9. The average Bonchev–Trinajstić information content (AvgIpc) is 3.68. The molecular formula is C62H48N2. The summed E-state index contributed by atoms with van der Waals surface area (Å²) in [6.45, 7) is 6.80. The van der Waals surface area contributed by atoms with Gasteiger partial charge in [0.2, 0.25) is 0 Å². The van der Waals surface area contributed by atoms with Gasteiger partial charge in [-0.15, -0.1) is 0 Å². The molecule has 0 spiro atoms. The monoisotopic (exact) mass is 820 g/mol. The molecular weight excluding hydrogens is 773 g/mol. The zero-order valence-corrected chi connectivity index (χ0v) is 36.4. The molecule has 2 nitrogen and oxygen atoms in total. The van der Waals surface area contributed by atoms with Crippen LogP contribution in [-0.2, 0) is 5.41 Å². The van der Waals surface area contributed by atoms with Crippen molar-refractivity contribution in [3.05, 3.63) is 242 Å². The van der Waals surface area contributed by atoms with Gasteiger partial charge in [0.25, 0.3) is 0 Å². The van der Waals surface area contributed by atoms with Gasteiger partial charge in [0.15, 0.2) is 0 Å². The molecule has 11 rings (SSSR count). The lowest BCUT2D eigenvalue weighted by Gasteiger charge is -2.26. The van der Waals surface area contributed by atoms with Crippen molar-refractivity contribution < 1.29 is 0 Å². The van der Waals surface area contributed by atoms with Crippen LogP contribution in [0, 0.1) is 0 Å². The quantitative estimate of drug-likeness (QED) is 0.148. The van der Waals surface area contributed by atoms with E-state index in [1.165, 1.54) is 77.1 Å². The molecule has 64 heavy (non-hydrogen) atoms. The van der Waals surface area contributed by atoms with Crippen LogP contribution >= 0.6 is 0 Å². The number of fused-ring (bicyclic) bond motifs is 4. The molecule has 0 radical (unpaired) electrons. The van der Waals surface area contributed by atoms with Gasteiger partial charge >= 0.3 is 0 Å². The van der Waals surface area contributed by atoms with Crippen LogP contribution in [0.15, 0.2) is 237 Å². The van der Waals surface area contributed by atoms with Gasteiger partial charge < -0.3 is 9.47 Å². The molecule has 0 fully saturated rings. The second kappa shape index (κ2) is 16.1. The van der Waals surface area contributed by atoms with E-state index in [-0.39, 0.29) is 5.41 Å². The minimum absolute atomic E-state index is 0.105. The van der Waals surface area contributed by atoms with Gasteiger partial charge in [-0.25, -0.2) is 0 Å². The Kier molecular flexibility index (Phi) is 9.78. The number of anilines is 3. The summed E-state index contributed by atoms with van der Waals surface area (Å²) in [6.07, 6.45) is 0. The molecule has 0 atom stereocenters. The maximum Gasteiger partial charge on any atom is 0.0547 e. The van der Waals surface area contributed by atoms with E-state index in [9.17, 15) is 0 Å². The van der Waals surface area contributed by atoms with Crippen molar-refractivity contribution in [1.82, 2.24) is 4.57 Å². The normalized spacial score (nSPS) is 11.7. The Morgan fingerprint density at radius 2 is 0.797 bits per heavy atom. The number of rotatable bonds is 8. The number of nitrogens with zero attached hydrogens (tertiary/aromatic N) is 2. The Morgan fingerprint density at radius 3 is 1.48 bits per heavy atom. The molecule has 0 saturated carbocycles. The highest BCUT2D eigenvalue weighted by atomic mass is 15.1. The summed E-state index contributed by atoms with van der Waals surface area (Å²) in [7, 11) is 0. The van der Waals surface area contributed by atoms with Gasteiger partial charge in [-0.2, -0.15) is 0 Å². The van der Waals surface area contributed by atoms with Crippen LogP contribution in [0.4, 0.5) is 17.1 Å². The Balaban J connectivity index is 0.996. The smallest absolute Gasteiger partial charge is 0.0547 e. The van der Waals surface area contributed by atoms with Gasteiger partial charge in [0.1, 0.15) is 0 Å². The van der Waals surface area contributed by atoms with Crippen molar-refractivity contribution >= 4 is 49.6 Å². The van der Waals surface area contributed by atoms with Crippen molar-refractivity contribution in [3.63, 3.8) is 0 Å². The third-order valence-electron chi connectivity index (χ3n) is 12.8. The van der Waals surface area contributed by atoms with Crippen LogP contribution in [0.1, 0.15) is 26.3 Å². The van der Waals surface area contributed by atoms with E-state index in [1.54, 1.807) is 0 Å². The second-order valence-corrected chi connectivity index (χ2v) is 17.8. The van der Waals surface area contributed by atoms with Crippen LogP contribution < -0.4 is 4.90 Å². The van der Waals surface area contributed by atoms with Crippen LogP contribution in [0.2, 0.25) is 0 Å². The molecule has 10 aromatic carbocycles. The fourth-order valence-corrected chi connectivity index (χ4v) is 9.42. The minimum Gasteiger partial charge on any atom is -0.311 e. The SMILES string of the molecule is CC(C)(C)c1ccc(-c2ccc3c4ccccc4n(-c4ccccc4-c4ccc(N(c5ccc(-c6ccccc6)cc5)c5ccc(-c6cccc7ccccc67)cc5)cc4)c3c2)cc1. The summed E-state index contributed by atoms with van der Waals surface area (Å²) in [6, 6.07) is 86.4. The molecule has 1 heterocycles. The van der Waals surface area contributed by atoms with E-state index < -0.39 is 0 Å². The third-order valence-corrected chi connectivity index (χ3v) is 12.8. The van der Waals surface area contributed by atoms with Gasteiger partial charge in [0, 0.05) is 33.4 Å². The van der Waals surface area contributed by atoms with E-state index >= 15 is 0 Å². The van der Waals surface area contributed by atoms with Crippen LogP contribution in [0.5, 0.6) is 0 Å². The van der Waals surface area contributed by atoms with Crippen molar-refractivity contribution in [2.75, 3.05) is 4.90 Å². The number of benzene rings is 10. The summed E-state index contributed by atoms with van der Waals surface area (Å²) < 4.78 is 2.46. The molecule has 0 amide bonds. The van der Waals surface area contributed by atoms with Crippen molar-refractivity contribution in [2.24, 2.45) is 0 Å². The van der Waals surface area contributed by atoms with Crippen molar-refractivity contribution in [1.29, 1.82) is 0 Å². The second-order valence-electron chi connectivity index (χ2n) is 17.8. The molecule has 0 N–H and O–H groups in total. The largest absolute Gasteiger partial charge is 0.311 e. The van der Waals surface area contributed by atoms with E-state index in [0.29, 0.717) is 0 Å². The lowest BCUT2D eigenvalue weighted by molar-refractivity contribution is 0.590. The molecule has 0 aliphatic rings. The highest BCUT2D eigenvalue weighted by molar-refractivity contribution is 6.10. The molecule has 1 aromatic heterocycles. The lowest BCUT2D eigenvalue weighted by atomic mass is 9.86. The van der Waals surface area contributed by atoms with E-state index in [4.69, 9.17) is 0 Å². The highest BCUT2D eigenvalue weighted by Gasteiger charge is 2.19. The van der Waals surface area contributed by atoms with Crippen LogP contribution in [0.25, 0.3) is 82.8 Å². The molecule has 11 aromatic rings. The number of para-hydroxylation sites is 2. The van der Waals surface area contributed by atoms with Gasteiger partial charge in [0.05, 0.1) is 16.7 Å². The van der Waals surface area contributed by atoms with Crippen LogP contribution in [0.3, 0.4) is 0 Å². The first-order valence-electron chi connectivity index (χ1n) is 22.3. The maximum absolute atomic E-state index is 2.46. The topological polar surface area (TPSA) is 8.17 Å². The van der Waals surface area contributed by atoms with Gasteiger partial charge in [-0.05, 0) is 115 Å². The fraction of sp³-hybridized carbons (Fsp3) is 0.0645. The molecule has 0 unspecified atom stereocenters. The van der Waals surface area contributed by atoms with Crippen molar-refractivity contribution in [2.45, 2.75) is 26.2 Å². The Labute approximate surface area is 376 Å². The standard InChI is InChI=1S/C62H48N2/c1-62(2,3)50-33-24-45(25-34-50)49-32-41-58-57-20-10-12-23-60(57)64(61(58)42-49)59-22-11-9-19-56(59)48-30-39-53(40-31-48)63(51-35-26-44(27-36-51)43-14-5-4-6-15-43)52-37-28-47(29-38-52)55-21-13-17-46-16-7-8-18-54(46)55/h4-42H,1-3H3. The predicted octanol–water partition coefficient (Wildman–Crippen LogP) is 17.4. The lowest BCUT2D eigenvalue weighted by Crippen LogP contribution is -2.10. The first-order chi connectivity index (χ1) is 31.4. The van der Waals surface area contributed by atoms with Gasteiger partial charge in [-0.3, -0.25) is 0 Å². The fourth-order valence-electron chi connectivity index (χ4n) is 9.42. The average molecular weight is 821 g/mol. The number of hydrogen-bond acceptors (Lipinski definition) is 1. The molecule has 0 aliphatic carbocycles. The Morgan fingerprint density at radius 1 is 0.328 bits per heavy atom. The highest BCUT2D eigenvalue weighted by Crippen LogP contribution is 2.41. The molecule has 0 bridgehead atoms. The summed E-state index contributed by atoms with van der Waals surface area (Å²) in [4.78, 5) is 2.36. The van der Waals surface area contributed by atoms with E-state index in [0.717, 1.165) is 28.3 Å². The minimum atomic E-state index is 0.105.